The summed E-state index contributed by atoms with van der Waals surface area (Å²) in [6, 6.07) is 14.6. The molecule has 0 saturated carbocycles. The Labute approximate surface area is 173 Å². The summed E-state index contributed by atoms with van der Waals surface area (Å²) in [5, 5.41) is 3.82. The minimum Gasteiger partial charge on any atom is -0.339 e. The van der Waals surface area contributed by atoms with Crippen LogP contribution in [0, 0.1) is 0 Å². The molecule has 8 heteroatoms. The molecule has 2 N–H and O–H groups in total. The van der Waals surface area contributed by atoms with Gasteiger partial charge in [-0.05, 0) is 49.2 Å². The number of amides is 2. The Morgan fingerprint density at radius 3 is 2.57 bits per heavy atom. The Balaban J connectivity index is 1.51. The van der Waals surface area contributed by atoms with Crippen molar-refractivity contribution in [1.82, 2.24) is 4.90 Å². The number of carbonyl (C=O) groups is 2. The number of nitrogens with one attached hydrogen (secondary N) is 2. The van der Waals surface area contributed by atoms with Gasteiger partial charge in [0.2, 0.25) is 0 Å². The van der Waals surface area contributed by atoms with Crippen LogP contribution in [0.2, 0.25) is 0 Å². The molecule has 2 amide bonds. The average molecular weight is 421 g/mol. The van der Waals surface area contributed by atoms with E-state index in [0.29, 0.717) is 33.3 Å². The number of rotatable bonds is 4. The van der Waals surface area contributed by atoms with E-state index in [-0.39, 0.29) is 16.7 Å². The molecule has 0 atom stereocenters. The van der Waals surface area contributed by atoms with Crippen molar-refractivity contribution in [3.8, 4) is 0 Å². The topological polar surface area (TPSA) is 95.6 Å². The van der Waals surface area contributed by atoms with Crippen molar-refractivity contribution >= 4 is 44.0 Å². The van der Waals surface area contributed by atoms with Crippen LogP contribution in [0.1, 0.15) is 33.6 Å². The molecule has 0 spiro atoms. The lowest BCUT2D eigenvalue weighted by Gasteiger charge is -2.16. The van der Waals surface area contributed by atoms with Crippen molar-refractivity contribution in [2.45, 2.75) is 17.7 Å². The van der Waals surface area contributed by atoms with Crippen LogP contribution in [0.4, 0.5) is 11.4 Å². The number of hydrogen-bond acceptors (Lipinski definition) is 4. The smallest absolute Gasteiger partial charge is 0.262 e. The highest BCUT2D eigenvalue weighted by atomic mass is 32.2. The highest BCUT2D eigenvalue weighted by Gasteiger charge is 2.26. The van der Waals surface area contributed by atoms with Gasteiger partial charge in [-0.1, -0.05) is 18.2 Å². The number of benzene rings is 3. The predicted molar refractivity (Wildman–Crippen MR) is 114 cm³/mol. The molecule has 1 fully saturated rings. The fourth-order valence-corrected chi connectivity index (χ4v) is 5.38. The Morgan fingerprint density at radius 2 is 1.77 bits per heavy atom. The number of carbonyl (C=O) groups excluding carboxylic acids is 2. The van der Waals surface area contributed by atoms with Gasteiger partial charge in [0.05, 0.1) is 4.90 Å². The van der Waals surface area contributed by atoms with Gasteiger partial charge in [0, 0.05) is 46.4 Å². The Hall–Kier alpha value is -3.39. The monoisotopic (exact) mass is 421 g/mol. The van der Waals surface area contributed by atoms with E-state index in [1.807, 2.05) is 0 Å². The zero-order valence-electron chi connectivity index (χ0n) is 16.0. The maximum absolute atomic E-state index is 13.2. The van der Waals surface area contributed by atoms with Gasteiger partial charge in [0.15, 0.2) is 0 Å². The van der Waals surface area contributed by atoms with Gasteiger partial charge >= 0.3 is 0 Å². The minimum atomic E-state index is -3.94. The molecule has 0 aromatic heterocycles. The van der Waals surface area contributed by atoms with E-state index in [1.165, 1.54) is 6.07 Å². The summed E-state index contributed by atoms with van der Waals surface area (Å²) in [7, 11) is -3.94. The van der Waals surface area contributed by atoms with Crippen LogP contribution in [0.5, 0.6) is 0 Å². The lowest BCUT2D eigenvalue weighted by Crippen LogP contribution is -2.27. The average Bonchev–Trinajstić information content (AvgIpc) is 3.37. The second-order valence-electron chi connectivity index (χ2n) is 7.48. The van der Waals surface area contributed by atoms with Crippen LogP contribution >= 0.6 is 0 Å². The molecule has 1 saturated heterocycles. The number of anilines is 2. The Morgan fingerprint density at radius 1 is 1.00 bits per heavy atom. The van der Waals surface area contributed by atoms with Crippen LogP contribution in [-0.2, 0) is 10.0 Å². The van der Waals surface area contributed by atoms with E-state index >= 15 is 0 Å². The summed E-state index contributed by atoms with van der Waals surface area (Å²) >= 11 is 0. The summed E-state index contributed by atoms with van der Waals surface area (Å²) in [6.45, 7) is 1.45. The molecule has 7 nitrogen and oxygen atoms in total. The third kappa shape index (κ3) is 3.00. The molecule has 0 bridgehead atoms. The summed E-state index contributed by atoms with van der Waals surface area (Å²) in [5.41, 5.74) is 1.82. The van der Waals surface area contributed by atoms with E-state index in [0.717, 1.165) is 25.9 Å². The molecule has 0 unspecified atom stereocenters. The van der Waals surface area contributed by atoms with Crippen molar-refractivity contribution in [2.75, 3.05) is 23.1 Å². The van der Waals surface area contributed by atoms with Crippen LogP contribution in [-0.4, -0.2) is 38.2 Å². The van der Waals surface area contributed by atoms with Gasteiger partial charge in [-0.25, -0.2) is 8.42 Å². The van der Waals surface area contributed by atoms with Gasteiger partial charge in [0.1, 0.15) is 0 Å². The predicted octanol–water partition coefficient (Wildman–Crippen LogP) is 3.44. The molecule has 0 radical (unpaired) electrons. The van der Waals surface area contributed by atoms with Crippen molar-refractivity contribution < 1.29 is 18.0 Å². The maximum atomic E-state index is 13.2. The zero-order valence-corrected chi connectivity index (χ0v) is 16.8. The van der Waals surface area contributed by atoms with Crippen LogP contribution in [0.3, 0.4) is 0 Å². The molecule has 3 aromatic rings. The highest BCUT2D eigenvalue weighted by molar-refractivity contribution is 7.93. The summed E-state index contributed by atoms with van der Waals surface area (Å²) in [5.74, 6) is -0.338. The van der Waals surface area contributed by atoms with E-state index in [4.69, 9.17) is 0 Å². The molecule has 5 rings (SSSR count). The third-order valence-electron chi connectivity index (χ3n) is 5.54. The second kappa shape index (κ2) is 6.84. The first-order chi connectivity index (χ1) is 14.4. The first kappa shape index (κ1) is 18.6. The molecule has 3 aromatic carbocycles. The third-order valence-corrected chi connectivity index (χ3v) is 6.98. The largest absolute Gasteiger partial charge is 0.339 e. The van der Waals surface area contributed by atoms with Crippen LogP contribution in [0.25, 0.3) is 10.8 Å². The summed E-state index contributed by atoms with van der Waals surface area (Å²) in [6.07, 6.45) is 1.97. The van der Waals surface area contributed by atoms with Gasteiger partial charge in [-0.15, -0.1) is 0 Å². The molecule has 0 aliphatic carbocycles. The Bertz CT molecular complexity index is 1310. The molecule has 30 heavy (non-hydrogen) atoms. The molecular formula is C22H19N3O4S. The zero-order chi connectivity index (χ0) is 20.9. The van der Waals surface area contributed by atoms with Gasteiger partial charge in [-0.2, -0.15) is 0 Å². The minimum absolute atomic E-state index is 0.0795. The fraction of sp³-hybridized carbons (Fsp3) is 0.182. The van der Waals surface area contributed by atoms with Crippen molar-refractivity contribution in [1.29, 1.82) is 0 Å². The lowest BCUT2D eigenvalue weighted by atomic mass is 10.1. The van der Waals surface area contributed by atoms with Crippen LogP contribution in [0.15, 0.2) is 59.5 Å². The van der Waals surface area contributed by atoms with Gasteiger partial charge in [-0.3, -0.25) is 14.3 Å². The van der Waals surface area contributed by atoms with E-state index in [1.54, 1.807) is 53.4 Å². The lowest BCUT2D eigenvalue weighted by molar-refractivity contribution is 0.0792. The number of nitrogens with zero attached hydrogens (tertiary/aromatic N) is 1. The van der Waals surface area contributed by atoms with E-state index < -0.39 is 10.0 Å². The quantitative estimate of drug-likeness (QED) is 0.675. The highest BCUT2D eigenvalue weighted by Crippen LogP contribution is 2.37. The standard InChI is InChI=1S/C22H19N3O4S/c26-21-17-8-4-7-16-19(10-9-18(23-21)20(16)17)30(28,29)24-15-6-3-5-14(13-15)22(27)25-11-1-2-12-25/h3-10,13,24H,1-2,11-12H2,(H,23,26). The molecule has 2 aliphatic heterocycles. The first-order valence-corrected chi connectivity index (χ1v) is 11.2. The van der Waals surface area contributed by atoms with Crippen molar-refractivity contribution in [3.05, 3.63) is 65.7 Å². The second-order valence-corrected chi connectivity index (χ2v) is 9.13. The molecular weight excluding hydrogens is 402 g/mol. The summed E-state index contributed by atoms with van der Waals surface area (Å²) in [4.78, 5) is 26.6. The number of likely N-dealkylation sites (tertiary alicyclic amines) is 1. The van der Waals surface area contributed by atoms with Crippen molar-refractivity contribution in [3.63, 3.8) is 0 Å². The molecule has 2 heterocycles. The molecule has 152 valence electrons. The number of hydrogen-bond donors (Lipinski definition) is 2. The Kier molecular flexibility index (Phi) is 4.25. The van der Waals surface area contributed by atoms with Crippen LogP contribution < -0.4 is 10.0 Å². The SMILES string of the molecule is O=C1Nc2ccc(S(=O)(=O)Nc3cccc(C(=O)N4CCCC4)c3)c3cccc1c23. The first-order valence-electron chi connectivity index (χ1n) is 9.73. The van der Waals surface area contributed by atoms with E-state index in [9.17, 15) is 18.0 Å². The van der Waals surface area contributed by atoms with Gasteiger partial charge < -0.3 is 10.2 Å². The summed E-state index contributed by atoms with van der Waals surface area (Å²) < 4.78 is 28.9. The maximum Gasteiger partial charge on any atom is 0.262 e. The normalized spacial score (nSPS) is 15.5. The van der Waals surface area contributed by atoms with Crippen molar-refractivity contribution in [2.24, 2.45) is 0 Å². The number of sulfonamides is 1. The van der Waals surface area contributed by atoms with Gasteiger partial charge in [0.25, 0.3) is 21.8 Å². The molecule has 2 aliphatic rings. The fourth-order valence-electron chi connectivity index (χ4n) is 4.13. The van der Waals surface area contributed by atoms with E-state index in [2.05, 4.69) is 10.0 Å².